The van der Waals surface area contributed by atoms with Crippen molar-refractivity contribution in [3.8, 4) is 0 Å². The van der Waals surface area contributed by atoms with Gasteiger partial charge in [0, 0.05) is 12.3 Å². The number of hydrogen-bond donors (Lipinski definition) is 0. The molecule has 2 nitrogen and oxygen atoms in total. The van der Waals surface area contributed by atoms with Crippen molar-refractivity contribution >= 4 is 0 Å². The summed E-state index contributed by atoms with van der Waals surface area (Å²) >= 11 is 0. The molecule has 0 amide bonds. The van der Waals surface area contributed by atoms with Gasteiger partial charge in [0.05, 0.1) is 13.2 Å². The second-order valence-corrected chi connectivity index (χ2v) is 5.30. The van der Waals surface area contributed by atoms with Crippen LogP contribution in [0.5, 0.6) is 0 Å². The van der Waals surface area contributed by atoms with Crippen molar-refractivity contribution in [3.63, 3.8) is 0 Å². The highest BCUT2D eigenvalue weighted by Crippen LogP contribution is 2.42. The van der Waals surface area contributed by atoms with Crippen LogP contribution in [0.25, 0.3) is 0 Å². The molecule has 2 heteroatoms. The minimum absolute atomic E-state index is 0.191. The van der Waals surface area contributed by atoms with E-state index in [1.165, 1.54) is 44.9 Å². The van der Waals surface area contributed by atoms with Gasteiger partial charge in [0.2, 0.25) is 0 Å². The van der Waals surface area contributed by atoms with Crippen molar-refractivity contribution < 1.29 is 9.47 Å². The van der Waals surface area contributed by atoms with Gasteiger partial charge < -0.3 is 9.47 Å². The Labute approximate surface area is 99.7 Å². The molecule has 1 saturated carbocycles. The standard InChI is InChI=1S/C14H26O2/c1-2-3-6-10-14(13-8-4-5-9-13)15-11-7-12-16-14/h13H,2-12H2,1H3. The summed E-state index contributed by atoms with van der Waals surface area (Å²) in [6.45, 7) is 4.07. The van der Waals surface area contributed by atoms with Crippen LogP contribution in [0.2, 0.25) is 0 Å². The van der Waals surface area contributed by atoms with Crippen molar-refractivity contribution in [1.82, 2.24) is 0 Å². The van der Waals surface area contributed by atoms with E-state index in [0.717, 1.165) is 26.1 Å². The zero-order chi connectivity index (χ0) is 11.3. The average Bonchev–Trinajstić information content (AvgIpc) is 2.85. The summed E-state index contributed by atoms with van der Waals surface area (Å²) in [6.07, 6.45) is 11.4. The molecule has 0 aromatic heterocycles. The summed E-state index contributed by atoms with van der Waals surface area (Å²) in [4.78, 5) is 0. The predicted molar refractivity (Wildman–Crippen MR) is 65.4 cm³/mol. The lowest BCUT2D eigenvalue weighted by molar-refractivity contribution is -0.297. The molecule has 2 aliphatic rings. The van der Waals surface area contributed by atoms with Gasteiger partial charge in [-0.25, -0.2) is 0 Å². The molecule has 1 aliphatic carbocycles. The van der Waals surface area contributed by atoms with Crippen molar-refractivity contribution in [2.24, 2.45) is 5.92 Å². The first-order chi connectivity index (χ1) is 7.87. The van der Waals surface area contributed by atoms with Gasteiger partial charge in [-0.15, -0.1) is 0 Å². The zero-order valence-electron chi connectivity index (χ0n) is 10.7. The molecule has 0 N–H and O–H groups in total. The smallest absolute Gasteiger partial charge is 0.171 e. The van der Waals surface area contributed by atoms with Gasteiger partial charge in [-0.3, -0.25) is 0 Å². The van der Waals surface area contributed by atoms with Crippen LogP contribution in [-0.4, -0.2) is 19.0 Å². The third-order valence-electron chi connectivity index (χ3n) is 4.09. The Kier molecular flexibility index (Phi) is 4.66. The summed E-state index contributed by atoms with van der Waals surface area (Å²) in [6, 6.07) is 0. The summed E-state index contributed by atoms with van der Waals surface area (Å²) in [7, 11) is 0. The molecule has 0 atom stereocenters. The maximum absolute atomic E-state index is 6.07. The van der Waals surface area contributed by atoms with Crippen LogP contribution in [0.4, 0.5) is 0 Å². The van der Waals surface area contributed by atoms with Crippen molar-refractivity contribution in [2.45, 2.75) is 70.5 Å². The van der Waals surface area contributed by atoms with Gasteiger partial charge in [0.25, 0.3) is 0 Å². The Morgan fingerprint density at radius 3 is 2.31 bits per heavy atom. The van der Waals surface area contributed by atoms with Crippen LogP contribution in [0, 0.1) is 5.92 Å². The zero-order valence-corrected chi connectivity index (χ0v) is 10.7. The van der Waals surface area contributed by atoms with Crippen LogP contribution in [0.3, 0.4) is 0 Å². The van der Waals surface area contributed by atoms with E-state index in [9.17, 15) is 0 Å². The monoisotopic (exact) mass is 226 g/mol. The van der Waals surface area contributed by atoms with Crippen LogP contribution in [0.15, 0.2) is 0 Å². The van der Waals surface area contributed by atoms with Crippen LogP contribution in [-0.2, 0) is 9.47 Å². The largest absolute Gasteiger partial charge is 0.350 e. The topological polar surface area (TPSA) is 18.5 Å². The lowest BCUT2D eigenvalue weighted by atomic mass is 9.91. The molecule has 2 fully saturated rings. The van der Waals surface area contributed by atoms with Gasteiger partial charge in [0.15, 0.2) is 5.79 Å². The van der Waals surface area contributed by atoms with E-state index in [1.807, 2.05) is 0 Å². The van der Waals surface area contributed by atoms with E-state index in [2.05, 4.69) is 6.92 Å². The molecular formula is C14H26O2. The second-order valence-electron chi connectivity index (χ2n) is 5.30. The highest BCUT2D eigenvalue weighted by molar-refractivity contribution is 4.85. The van der Waals surface area contributed by atoms with Gasteiger partial charge in [0.1, 0.15) is 0 Å². The Hall–Kier alpha value is -0.0800. The first-order valence-electron chi connectivity index (χ1n) is 7.15. The van der Waals surface area contributed by atoms with Crippen molar-refractivity contribution in [3.05, 3.63) is 0 Å². The molecule has 1 saturated heterocycles. The molecule has 16 heavy (non-hydrogen) atoms. The van der Waals surface area contributed by atoms with E-state index in [4.69, 9.17) is 9.47 Å². The van der Waals surface area contributed by atoms with Gasteiger partial charge in [-0.2, -0.15) is 0 Å². The normalized spacial score (nSPS) is 26.1. The Morgan fingerprint density at radius 1 is 1.00 bits per heavy atom. The molecule has 0 aromatic rings. The van der Waals surface area contributed by atoms with E-state index < -0.39 is 0 Å². The third kappa shape index (κ3) is 2.78. The van der Waals surface area contributed by atoms with Crippen molar-refractivity contribution in [1.29, 1.82) is 0 Å². The Bertz CT molecular complexity index is 191. The van der Waals surface area contributed by atoms with E-state index >= 15 is 0 Å². The van der Waals surface area contributed by atoms with Gasteiger partial charge in [-0.05, 0) is 25.7 Å². The molecule has 0 aromatic carbocycles. The Balaban J connectivity index is 1.93. The highest BCUT2D eigenvalue weighted by Gasteiger charge is 2.43. The summed E-state index contributed by atoms with van der Waals surface area (Å²) in [5, 5.41) is 0. The van der Waals surface area contributed by atoms with E-state index in [-0.39, 0.29) is 5.79 Å². The summed E-state index contributed by atoms with van der Waals surface area (Å²) in [5.41, 5.74) is 0. The SMILES string of the molecule is CCCCCC1(C2CCCC2)OCCCO1. The van der Waals surface area contributed by atoms with Crippen LogP contribution < -0.4 is 0 Å². The van der Waals surface area contributed by atoms with E-state index in [0.29, 0.717) is 5.92 Å². The molecule has 94 valence electrons. The maximum atomic E-state index is 6.07. The molecule has 0 unspecified atom stereocenters. The average molecular weight is 226 g/mol. The minimum atomic E-state index is -0.191. The number of ether oxygens (including phenoxy) is 2. The molecular weight excluding hydrogens is 200 g/mol. The molecule has 0 bridgehead atoms. The lowest BCUT2D eigenvalue weighted by Gasteiger charge is -2.42. The fraction of sp³-hybridized carbons (Fsp3) is 1.00. The lowest BCUT2D eigenvalue weighted by Crippen LogP contribution is -2.46. The molecule has 0 spiro atoms. The van der Waals surface area contributed by atoms with Crippen LogP contribution >= 0.6 is 0 Å². The molecule has 1 heterocycles. The highest BCUT2D eigenvalue weighted by atomic mass is 16.7. The van der Waals surface area contributed by atoms with Gasteiger partial charge >= 0.3 is 0 Å². The quantitative estimate of drug-likeness (QED) is 0.662. The summed E-state index contributed by atoms with van der Waals surface area (Å²) in [5.74, 6) is 0.480. The van der Waals surface area contributed by atoms with Crippen molar-refractivity contribution in [2.75, 3.05) is 13.2 Å². The number of unbranched alkanes of at least 4 members (excludes halogenated alkanes) is 2. The maximum Gasteiger partial charge on any atom is 0.171 e. The number of rotatable bonds is 5. The molecule has 2 rings (SSSR count). The Morgan fingerprint density at radius 2 is 1.69 bits per heavy atom. The predicted octanol–water partition coefficient (Wildman–Crippen LogP) is 3.89. The minimum Gasteiger partial charge on any atom is -0.350 e. The van der Waals surface area contributed by atoms with Gasteiger partial charge in [-0.1, -0.05) is 32.6 Å². The first-order valence-corrected chi connectivity index (χ1v) is 7.15. The summed E-state index contributed by atoms with van der Waals surface area (Å²) < 4.78 is 12.1. The van der Waals surface area contributed by atoms with E-state index in [1.54, 1.807) is 0 Å². The molecule has 0 radical (unpaired) electrons. The second kappa shape index (κ2) is 6.02. The fourth-order valence-electron chi connectivity index (χ4n) is 3.16. The van der Waals surface area contributed by atoms with Crippen LogP contribution in [0.1, 0.15) is 64.7 Å². The fourth-order valence-corrected chi connectivity index (χ4v) is 3.16. The third-order valence-corrected chi connectivity index (χ3v) is 4.09. The molecule has 1 aliphatic heterocycles. The first kappa shape index (κ1) is 12.4. The number of hydrogen-bond acceptors (Lipinski definition) is 2.